The van der Waals surface area contributed by atoms with Gasteiger partial charge in [0.1, 0.15) is 5.82 Å². The molecule has 21 heavy (non-hydrogen) atoms. The highest BCUT2D eigenvalue weighted by Gasteiger charge is 2.16. The third-order valence-electron chi connectivity index (χ3n) is 3.37. The van der Waals surface area contributed by atoms with Crippen molar-refractivity contribution in [2.24, 2.45) is 0 Å². The number of hydrogen-bond donors (Lipinski definition) is 1. The largest absolute Gasteiger partial charge is 0.395 e. The molecule has 1 N–H and O–H groups in total. The predicted molar refractivity (Wildman–Crippen MR) is 80.6 cm³/mol. The number of amides is 1. The van der Waals surface area contributed by atoms with Crippen molar-refractivity contribution in [3.8, 4) is 11.1 Å². The van der Waals surface area contributed by atoms with E-state index in [0.29, 0.717) is 0 Å². The van der Waals surface area contributed by atoms with Crippen molar-refractivity contribution in [1.82, 2.24) is 4.90 Å². The van der Waals surface area contributed by atoms with Gasteiger partial charge in [-0.25, -0.2) is 4.39 Å². The van der Waals surface area contributed by atoms with Crippen LogP contribution in [0, 0.1) is 12.7 Å². The molecule has 0 heterocycles. The molecule has 0 bridgehead atoms. The third-order valence-corrected chi connectivity index (χ3v) is 3.37. The number of rotatable bonds is 4. The average Bonchev–Trinajstić information content (AvgIpc) is 2.47. The molecule has 110 valence electrons. The SMILES string of the molecule is Cc1ccc(-c2ccc(C(=O)N(C)CCO)c(F)c2)cc1. The number of benzene rings is 2. The Labute approximate surface area is 123 Å². The van der Waals surface area contributed by atoms with Gasteiger partial charge in [-0.05, 0) is 30.2 Å². The van der Waals surface area contributed by atoms with Gasteiger partial charge in [-0.1, -0.05) is 35.9 Å². The van der Waals surface area contributed by atoms with Crippen LogP contribution >= 0.6 is 0 Å². The second-order valence-corrected chi connectivity index (χ2v) is 5.01. The van der Waals surface area contributed by atoms with Crippen LogP contribution in [0.4, 0.5) is 4.39 Å². The van der Waals surface area contributed by atoms with Crippen LogP contribution in [0.1, 0.15) is 15.9 Å². The van der Waals surface area contributed by atoms with Crippen LogP contribution < -0.4 is 0 Å². The van der Waals surface area contributed by atoms with Crippen LogP contribution in [-0.4, -0.2) is 36.1 Å². The summed E-state index contributed by atoms with van der Waals surface area (Å²) in [4.78, 5) is 13.3. The smallest absolute Gasteiger partial charge is 0.256 e. The molecule has 0 aliphatic carbocycles. The van der Waals surface area contributed by atoms with Crippen molar-refractivity contribution in [2.45, 2.75) is 6.92 Å². The van der Waals surface area contributed by atoms with Crippen LogP contribution in [0.5, 0.6) is 0 Å². The number of aliphatic hydroxyl groups is 1. The lowest BCUT2D eigenvalue weighted by Gasteiger charge is -2.16. The summed E-state index contributed by atoms with van der Waals surface area (Å²) in [7, 11) is 1.53. The van der Waals surface area contributed by atoms with E-state index in [1.165, 1.54) is 24.1 Å². The molecule has 0 spiro atoms. The van der Waals surface area contributed by atoms with E-state index in [-0.39, 0.29) is 18.7 Å². The lowest BCUT2D eigenvalue weighted by Crippen LogP contribution is -2.30. The fourth-order valence-electron chi connectivity index (χ4n) is 2.07. The number of aryl methyl sites for hydroxylation is 1. The quantitative estimate of drug-likeness (QED) is 0.939. The highest BCUT2D eigenvalue weighted by atomic mass is 19.1. The zero-order valence-corrected chi connectivity index (χ0v) is 12.1. The standard InChI is InChI=1S/C17H18FNO2/c1-12-3-5-13(6-4-12)14-7-8-15(16(18)11-14)17(21)19(2)9-10-20/h3-8,11,20H,9-10H2,1-2H3. The van der Waals surface area contributed by atoms with Crippen LogP contribution in [0.15, 0.2) is 42.5 Å². The van der Waals surface area contributed by atoms with E-state index >= 15 is 0 Å². The van der Waals surface area contributed by atoms with Gasteiger partial charge in [-0.2, -0.15) is 0 Å². The summed E-state index contributed by atoms with van der Waals surface area (Å²) in [5.74, 6) is -0.986. The Morgan fingerprint density at radius 2 is 1.76 bits per heavy atom. The summed E-state index contributed by atoms with van der Waals surface area (Å²) < 4.78 is 14.2. The van der Waals surface area contributed by atoms with E-state index in [0.717, 1.165) is 16.7 Å². The molecular formula is C17H18FNO2. The molecule has 0 aliphatic rings. The molecule has 2 aromatic carbocycles. The number of halogens is 1. The molecule has 0 unspecified atom stereocenters. The molecule has 0 saturated heterocycles. The van der Waals surface area contributed by atoms with Gasteiger partial charge < -0.3 is 10.0 Å². The molecule has 0 aliphatic heterocycles. The Morgan fingerprint density at radius 1 is 1.14 bits per heavy atom. The summed E-state index contributed by atoms with van der Waals surface area (Å²) in [5, 5.41) is 8.83. The number of likely N-dealkylation sites (N-methyl/N-ethyl adjacent to an activating group) is 1. The maximum absolute atomic E-state index is 14.2. The lowest BCUT2D eigenvalue weighted by atomic mass is 10.0. The van der Waals surface area contributed by atoms with Crippen LogP contribution in [0.3, 0.4) is 0 Å². The lowest BCUT2D eigenvalue weighted by molar-refractivity contribution is 0.0762. The van der Waals surface area contributed by atoms with Crippen molar-refractivity contribution < 1.29 is 14.3 Å². The first-order chi connectivity index (χ1) is 10.0. The van der Waals surface area contributed by atoms with E-state index in [2.05, 4.69) is 0 Å². The Balaban J connectivity index is 2.29. The minimum atomic E-state index is -0.553. The van der Waals surface area contributed by atoms with Gasteiger partial charge in [0.25, 0.3) is 5.91 Å². The molecule has 2 rings (SSSR count). The number of carbonyl (C=O) groups excluding carboxylic acids is 1. The van der Waals surface area contributed by atoms with Crippen molar-refractivity contribution in [2.75, 3.05) is 20.2 Å². The van der Waals surface area contributed by atoms with Gasteiger partial charge in [0.15, 0.2) is 0 Å². The van der Waals surface area contributed by atoms with Gasteiger partial charge in [0.2, 0.25) is 0 Å². The summed E-state index contributed by atoms with van der Waals surface area (Å²) in [6.45, 7) is 2.02. The molecule has 2 aromatic rings. The number of nitrogens with zero attached hydrogens (tertiary/aromatic N) is 1. The molecule has 0 saturated carbocycles. The van der Waals surface area contributed by atoms with E-state index in [1.807, 2.05) is 31.2 Å². The summed E-state index contributed by atoms with van der Waals surface area (Å²) in [6.07, 6.45) is 0. The second-order valence-electron chi connectivity index (χ2n) is 5.01. The molecule has 0 fully saturated rings. The van der Waals surface area contributed by atoms with Crippen molar-refractivity contribution >= 4 is 5.91 Å². The monoisotopic (exact) mass is 287 g/mol. The van der Waals surface area contributed by atoms with Crippen LogP contribution in [0.25, 0.3) is 11.1 Å². The minimum absolute atomic E-state index is 0.0156. The fourth-order valence-corrected chi connectivity index (χ4v) is 2.07. The zero-order chi connectivity index (χ0) is 15.4. The highest BCUT2D eigenvalue weighted by molar-refractivity contribution is 5.94. The fraction of sp³-hybridized carbons (Fsp3) is 0.235. The number of carbonyl (C=O) groups is 1. The summed E-state index contributed by atoms with van der Waals surface area (Å²) in [6, 6.07) is 12.3. The molecule has 3 nitrogen and oxygen atoms in total. The van der Waals surface area contributed by atoms with Gasteiger partial charge in [0, 0.05) is 13.6 Å². The van der Waals surface area contributed by atoms with E-state index in [1.54, 1.807) is 6.07 Å². The topological polar surface area (TPSA) is 40.5 Å². The third kappa shape index (κ3) is 3.47. The Hall–Kier alpha value is -2.20. The second kappa shape index (κ2) is 6.50. The zero-order valence-electron chi connectivity index (χ0n) is 12.1. The predicted octanol–water partition coefficient (Wildman–Crippen LogP) is 2.87. The van der Waals surface area contributed by atoms with E-state index in [9.17, 15) is 9.18 Å². The van der Waals surface area contributed by atoms with E-state index in [4.69, 9.17) is 5.11 Å². The molecule has 4 heteroatoms. The number of aliphatic hydroxyl groups excluding tert-OH is 1. The summed E-state index contributed by atoms with van der Waals surface area (Å²) >= 11 is 0. The van der Waals surface area contributed by atoms with Crippen molar-refractivity contribution in [3.05, 3.63) is 59.4 Å². The Bertz CT molecular complexity index is 638. The van der Waals surface area contributed by atoms with Gasteiger partial charge in [-0.3, -0.25) is 4.79 Å². The maximum atomic E-state index is 14.2. The van der Waals surface area contributed by atoms with Gasteiger partial charge in [0.05, 0.1) is 12.2 Å². The maximum Gasteiger partial charge on any atom is 0.256 e. The summed E-state index contributed by atoms with van der Waals surface area (Å²) in [5.41, 5.74) is 2.79. The highest BCUT2D eigenvalue weighted by Crippen LogP contribution is 2.23. The molecular weight excluding hydrogens is 269 g/mol. The van der Waals surface area contributed by atoms with Gasteiger partial charge >= 0.3 is 0 Å². The van der Waals surface area contributed by atoms with Gasteiger partial charge in [-0.15, -0.1) is 0 Å². The first-order valence-corrected chi connectivity index (χ1v) is 6.76. The minimum Gasteiger partial charge on any atom is -0.395 e. The van der Waals surface area contributed by atoms with Crippen LogP contribution in [-0.2, 0) is 0 Å². The van der Waals surface area contributed by atoms with E-state index < -0.39 is 11.7 Å². The molecule has 0 atom stereocenters. The van der Waals surface area contributed by atoms with Crippen LogP contribution in [0.2, 0.25) is 0 Å². The average molecular weight is 287 g/mol. The first kappa shape index (κ1) is 15.2. The normalized spacial score (nSPS) is 10.5. The molecule has 1 amide bonds. The Morgan fingerprint density at radius 3 is 2.33 bits per heavy atom. The molecule has 0 aromatic heterocycles. The number of hydrogen-bond acceptors (Lipinski definition) is 2. The Kier molecular flexibility index (Phi) is 4.70. The van der Waals surface area contributed by atoms with Crippen molar-refractivity contribution in [1.29, 1.82) is 0 Å². The first-order valence-electron chi connectivity index (χ1n) is 6.76. The van der Waals surface area contributed by atoms with Crippen molar-refractivity contribution in [3.63, 3.8) is 0 Å². The molecule has 0 radical (unpaired) electrons.